The Balaban J connectivity index is 1.49. The standard InChI is InChI=1S/C32H34IN9O8S/c1-21-11-12-26(35-20-21)51(44,45)40-30-27(50-25-10-6-5-9-24(25)46-2)31(47-17-18-49-32(43)48-16-8-4-3-7-14-33)37-28(36-30)22-13-15-34-23(19-22)29-38-41-42-39-29/h5-6,9-13,15,19-20H,3-4,7-8,14,16-18H2,1-2H3,(H,36,37,40)(H,38,39,41,42). The number of methoxy groups -OCH3 is 1. The number of para-hydroxylation sites is 2. The molecule has 268 valence electrons. The number of sulfonamides is 1. The van der Waals surface area contributed by atoms with E-state index in [1.165, 1.54) is 25.6 Å². The highest BCUT2D eigenvalue weighted by Crippen LogP contribution is 2.41. The number of nitrogens with zero attached hydrogens (tertiary/aromatic N) is 7. The smallest absolute Gasteiger partial charge is 0.493 e. The minimum absolute atomic E-state index is 0.0157. The second kappa shape index (κ2) is 18.2. The molecule has 51 heavy (non-hydrogen) atoms. The fraction of sp³-hybridized carbons (Fsp3) is 0.312. The van der Waals surface area contributed by atoms with Gasteiger partial charge in [-0.3, -0.25) is 9.71 Å². The van der Waals surface area contributed by atoms with Crippen molar-refractivity contribution in [3.05, 3.63) is 66.5 Å². The lowest BCUT2D eigenvalue weighted by atomic mass is 10.2. The first-order valence-corrected chi connectivity index (χ1v) is 18.6. The van der Waals surface area contributed by atoms with Crippen molar-refractivity contribution in [1.29, 1.82) is 0 Å². The molecule has 0 amide bonds. The van der Waals surface area contributed by atoms with Crippen LogP contribution in [0.3, 0.4) is 0 Å². The van der Waals surface area contributed by atoms with E-state index in [0.29, 0.717) is 17.0 Å². The van der Waals surface area contributed by atoms with Crippen molar-refractivity contribution in [1.82, 2.24) is 40.6 Å². The van der Waals surface area contributed by atoms with Crippen molar-refractivity contribution in [2.45, 2.75) is 37.6 Å². The molecule has 0 unspecified atom stereocenters. The zero-order chi connectivity index (χ0) is 36.1. The second-order valence-corrected chi connectivity index (χ2v) is 13.3. The van der Waals surface area contributed by atoms with Gasteiger partial charge >= 0.3 is 6.16 Å². The second-order valence-electron chi connectivity index (χ2n) is 10.6. The highest BCUT2D eigenvalue weighted by Gasteiger charge is 2.26. The first-order valence-electron chi connectivity index (χ1n) is 15.6. The SMILES string of the molecule is COc1ccccc1Oc1c(NS(=O)(=O)c2ccc(C)cn2)nc(-c2ccnc(-c3nn[nH]n3)c2)nc1OCCOC(=O)OCCCCCCI. The molecule has 0 aliphatic carbocycles. The number of aromatic amines is 1. The molecule has 0 spiro atoms. The Morgan fingerprint density at radius 1 is 0.922 bits per heavy atom. The van der Waals surface area contributed by atoms with E-state index in [0.717, 1.165) is 35.7 Å². The maximum absolute atomic E-state index is 13.6. The molecule has 0 radical (unpaired) electrons. The van der Waals surface area contributed by atoms with Crippen LogP contribution in [-0.2, 0) is 19.5 Å². The van der Waals surface area contributed by atoms with Crippen molar-refractivity contribution in [2.75, 3.05) is 36.1 Å². The number of pyridine rings is 2. The van der Waals surface area contributed by atoms with Gasteiger partial charge in [0.05, 0.1) is 13.7 Å². The van der Waals surface area contributed by atoms with Crippen LogP contribution in [0.15, 0.2) is 66.0 Å². The van der Waals surface area contributed by atoms with Gasteiger partial charge in [-0.1, -0.05) is 53.6 Å². The van der Waals surface area contributed by atoms with Crippen LogP contribution in [0, 0.1) is 6.92 Å². The number of hydrogen-bond acceptors (Lipinski definition) is 15. The summed E-state index contributed by atoms with van der Waals surface area (Å²) in [5.41, 5.74) is 1.50. The Hall–Kier alpha value is -5.18. The van der Waals surface area contributed by atoms with Gasteiger partial charge in [-0.25, -0.2) is 14.8 Å². The molecular weight excluding hydrogens is 797 g/mol. The third-order valence-electron chi connectivity index (χ3n) is 6.89. The Morgan fingerprint density at radius 3 is 2.47 bits per heavy atom. The summed E-state index contributed by atoms with van der Waals surface area (Å²) in [6.07, 6.45) is 5.92. The lowest BCUT2D eigenvalue weighted by molar-refractivity contribution is 0.0445. The molecule has 4 aromatic heterocycles. The number of anilines is 1. The molecule has 2 N–H and O–H groups in total. The first kappa shape index (κ1) is 37.1. The van der Waals surface area contributed by atoms with E-state index < -0.39 is 16.2 Å². The molecule has 0 bridgehead atoms. The van der Waals surface area contributed by atoms with Gasteiger partial charge in [-0.15, -0.1) is 10.2 Å². The molecule has 0 aliphatic rings. The van der Waals surface area contributed by atoms with Crippen LogP contribution in [0.2, 0.25) is 0 Å². The predicted octanol–water partition coefficient (Wildman–Crippen LogP) is 5.55. The molecule has 0 fully saturated rings. The Bertz CT molecular complexity index is 2000. The number of aromatic nitrogens is 8. The van der Waals surface area contributed by atoms with Crippen molar-refractivity contribution < 1.29 is 36.9 Å². The van der Waals surface area contributed by atoms with Crippen LogP contribution in [0.25, 0.3) is 22.9 Å². The molecule has 0 atom stereocenters. The molecule has 0 saturated carbocycles. The minimum Gasteiger partial charge on any atom is -0.493 e. The van der Waals surface area contributed by atoms with Gasteiger partial charge in [0.25, 0.3) is 15.9 Å². The molecule has 19 heteroatoms. The average molecular weight is 832 g/mol. The van der Waals surface area contributed by atoms with Crippen LogP contribution in [0.5, 0.6) is 23.1 Å². The number of nitrogens with one attached hydrogen (secondary N) is 2. The summed E-state index contributed by atoms with van der Waals surface area (Å²) < 4.78 is 58.8. The van der Waals surface area contributed by atoms with Gasteiger partial charge in [0, 0.05) is 18.0 Å². The minimum atomic E-state index is -4.32. The highest BCUT2D eigenvalue weighted by molar-refractivity contribution is 14.1. The predicted molar refractivity (Wildman–Crippen MR) is 191 cm³/mol. The highest BCUT2D eigenvalue weighted by atomic mass is 127. The number of ether oxygens (including phenoxy) is 5. The lowest BCUT2D eigenvalue weighted by Gasteiger charge is -2.18. The largest absolute Gasteiger partial charge is 0.508 e. The Morgan fingerprint density at radius 2 is 1.73 bits per heavy atom. The molecule has 17 nitrogen and oxygen atoms in total. The van der Waals surface area contributed by atoms with E-state index in [-0.39, 0.29) is 59.7 Å². The third kappa shape index (κ3) is 10.4. The first-order chi connectivity index (χ1) is 24.8. The van der Waals surface area contributed by atoms with Crippen LogP contribution in [0.4, 0.5) is 10.6 Å². The summed E-state index contributed by atoms with van der Waals surface area (Å²) in [6.45, 7) is 1.60. The van der Waals surface area contributed by atoms with Crippen molar-refractivity contribution in [3.63, 3.8) is 0 Å². The summed E-state index contributed by atoms with van der Waals surface area (Å²) >= 11 is 2.33. The molecular formula is C32H34IN9O8S. The fourth-order valence-electron chi connectivity index (χ4n) is 4.40. The van der Waals surface area contributed by atoms with E-state index in [2.05, 4.69) is 67.9 Å². The van der Waals surface area contributed by atoms with Crippen LogP contribution in [-0.4, -0.2) is 86.5 Å². The number of carbonyl (C=O) groups excluding carboxylic acids is 1. The number of rotatable bonds is 18. The molecule has 0 aliphatic heterocycles. The van der Waals surface area contributed by atoms with Crippen molar-refractivity contribution in [2.24, 2.45) is 0 Å². The van der Waals surface area contributed by atoms with Gasteiger partial charge in [-0.05, 0) is 65.3 Å². The van der Waals surface area contributed by atoms with E-state index >= 15 is 0 Å². The number of halogens is 1. The normalized spacial score (nSPS) is 11.1. The Labute approximate surface area is 307 Å². The summed E-state index contributed by atoms with van der Waals surface area (Å²) in [5, 5.41) is 13.6. The molecule has 1 aromatic carbocycles. The molecule has 4 heterocycles. The van der Waals surface area contributed by atoms with Crippen LogP contribution in [0.1, 0.15) is 31.2 Å². The summed E-state index contributed by atoms with van der Waals surface area (Å²) in [5.74, 6) is 0.0789. The van der Waals surface area contributed by atoms with Gasteiger partial charge in [0.2, 0.25) is 11.6 Å². The van der Waals surface area contributed by atoms with E-state index in [4.69, 9.17) is 23.7 Å². The fourth-order valence-corrected chi connectivity index (χ4v) is 5.87. The number of unbranched alkanes of at least 4 members (excludes halogenated alkanes) is 3. The summed E-state index contributed by atoms with van der Waals surface area (Å²) in [7, 11) is -2.87. The van der Waals surface area contributed by atoms with Gasteiger partial charge in [-0.2, -0.15) is 18.6 Å². The van der Waals surface area contributed by atoms with Gasteiger partial charge in [0.1, 0.15) is 18.9 Å². The molecule has 5 aromatic rings. The number of aryl methyl sites for hydroxylation is 1. The van der Waals surface area contributed by atoms with E-state index in [9.17, 15) is 13.2 Å². The zero-order valence-corrected chi connectivity index (χ0v) is 30.6. The van der Waals surface area contributed by atoms with Crippen molar-refractivity contribution >= 4 is 44.6 Å². The number of hydrogen-bond donors (Lipinski definition) is 2. The topological polar surface area (TPSA) is 215 Å². The maximum atomic E-state index is 13.6. The summed E-state index contributed by atoms with van der Waals surface area (Å²) in [4.78, 5) is 29.7. The zero-order valence-electron chi connectivity index (χ0n) is 27.6. The van der Waals surface area contributed by atoms with E-state index in [1.54, 1.807) is 49.4 Å². The number of benzene rings is 1. The van der Waals surface area contributed by atoms with Crippen LogP contribution >= 0.6 is 22.6 Å². The number of tetrazole rings is 1. The van der Waals surface area contributed by atoms with Crippen molar-refractivity contribution in [3.8, 4) is 46.0 Å². The monoisotopic (exact) mass is 831 g/mol. The maximum Gasteiger partial charge on any atom is 0.508 e. The van der Waals surface area contributed by atoms with E-state index in [1.807, 2.05) is 0 Å². The Kier molecular flexibility index (Phi) is 13.2. The number of carbonyl (C=O) groups is 1. The number of alkyl halides is 1. The van der Waals surface area contributed by atoms with Crippen LogP contribution < -0.4 is 18.9 Å². The number of H-pyrrole nitrogens is 1. The lowest BCUT2D eigenvalue weighted by Crippen LogP contribution is -2.18. The molecule has 0 saturated heterocycles. The van der Waals surface area contributed by atoms with Gasteiger partial charge in [0.15, 0.2) is 28.2 Å². The third-order valence-corrected chi connectivity index (χ3v) is 8.91. The molecule has 5 rings (SSSR count). The average Bonchev–Trinajstić information content (AvgIpc) is 3.68. The van der Waals surface area contributed by atoms with Gasteiger partial charge < -0.3 is 23.7 Å². The summed E-state index contributed by atoms with van der Waals surface area (Å²) in [6, 6.07) is 12.9. The quantitative estimate of drug-likeness (QED) is 0.0479.